The van der Waals surface area contributed by atoms with Crippen LogP contribution in [0.1, 0.15) is 35.3 Å². The minimum Gasteiger partial charge on any atom is -0.337 e. The lowest BCUT2D eigenvalue weighted by Crippen LogP contribution is -2.22. The van der Waals surface area contributed by atoms with Gasteiger partial charge >= 0.3 is 0 Å². The van der Waals surface area contributed by atoms with Gasteiger partial charge in [-0.05, 0) is 36.8 Å². The number of carbonyl (C=O) groups is 1. The molecule has 0 saturated heterocycles. The van der Waals surface area contributed by atoms with Crippen molar-refractivity contribution in [2.45, 2.75) is 18.9 Å². The second-order valence-electron chi connectivity index (χ2n) is 6.50. The Morgan fingerprint density at radius 3 is 2.96 bits per heavy atom. The van der Waals surface area contributed by atoms with Crippen LogP contribution in [0.15, 0.2) is 53.4 Å². The number of benzene rings is 1. The number of ketones is 1. The smallest absolute Gasteiger partial charge is 0.250 e. The molecule has 0 fully saturated rings. The van der Waals surface area contributed by atoms with Gasteiger partial charge < -0.3 is 9.09 Å². The zero-order chi connectivity index (χ0) is 19.3. The summed E-state index contributed by atoms with van der Waals surface area (Å²) in [5, 5.41) is 8.41. The topological polar surface area (TPSA) is 78.7 Å². The molecule has 1 aromatic carbocycles. The number of carbonyl (C=O) groups excluding carboxylic acids is 1. The van der Waals surface area contributed by atoms with E-state index in [4.69, 9.17) is 16.1 Å². The van der Waals surface area contributed by atoms with E-state index in [1.807, 2.05) is 16.8 Å². The van der Waals surface area contributed by atoms with E-state index in [1.54, 1.807) is 18.2 Å². The van der Waals surface area contributed by atoms with E-state index in [2.05, 4.69) is 15.2 Å². The Morgan fingerprint density at radius 1 is 1.29 bits per heavy atom. The van der Waals surface area contributed by atoms with Gasteiger partial charge in [0, 0.05) is 24.4 Å². The van der Waals surface area contributed by atoms with Gasteiger partial charge in [-0.2, -0.15) is 10.1 Å². The number of halogens is 2. The molecule has 0 bridgehead atoms. The molecule has 4 aromatic rings. The molecule has 1 atom stereocenters. The van der Waals surface area contributed by atoms with Crippen molar-refractivity contribution in [3.05, 3.63) is 71.3 Å². The SMILES string of the molecule is O=C1CCC(c2nc(-c3ccc(-n4cc(Cl)cn4)c(F)c3)no2)n2cccc21. The monoisotopic (exact) mass is 397 g/mol. The summed E-state index contributed by atoms with van der Waals surface area (Å²) in [7, 11) is 0. The molecule has 0 radical (unpaired) electrons. The van der Waals surface area contributed by atoms with Crippen LogP contribution in [-0.2, 0) is 0 Å². The molecule has 0 amide bonds. The quantitative estimate of drug-likeness (QED) is 0.520. The predicted octanol–water partition coefficient (Wildman–Crippen LogP) is 4.08. The first-order chi connectivity index (χ1) is 13.6. The predicted molar refractivity (Wildman–Crippen MR) is 98.0 cm³/mol. The Labute approximate surface area is 163 Å². The van der Waals surface area contributed by atoms with Gasteiger partial charge in [0.05, 0.1) is 16.9 Å². The number of aromatic nitrogens is 5. The molecule has 28 heavy (non-hydrogen) atoms. The summed E-state index contributed by atoms with van der Waals surface area (Å²) >= 11 is 5.84. The molecule has 140 valence electrons. The first-order valence-electron chi connectivity index (χ1n) is 8.64. The van der Waals surface area contributed by atoms with Crippen LogP contribution in [-0.4, -0.2) is 30.3 Å². The van der Waals surface area contributed by atoms with Gasteiger partial charge in [0.25, 0.3) is 0 Å². The summed E-state index contributed by atoms with van der Waals surface area (Å²) < 4.78 is 23.2. The van der Waals surface area contributed by atoms with Crippen molar-refractivity contribution in [3.8, 4) is 17.1 Å². The number of nitrogens with zero attached hydrogens (tertiary/aromatic N) is 5. The fraction of sp³-hybridized carbons (Fsp3) is 0.158. The fourth-order valence-electron chi connectivity index (χ4n) is 3.43. The van der Waals surface area contributed by atoms with Crippen LogP contribution in [0.5, 0.6) is 0 Å². The third-order valence-electron chi connectivity index (χ3n) is 4.78. The molecule has 5 rings (SSSR count). The average molecular weight is 398 g/mol. The first-order valence-corrected chi connectivity index (χ1v) is 9.02. The zero-order valence-electron chi connectivity index (χ0n) is 14.4. The van der Waals surface area contributed by atoms with Crippen LogP contribution in [0, 0.1) is 5.82 Å². The van der Waals surface area contributed by atoms with Gasteiger partial charge in [-0.25, -0.2) is 9.07 Å². The fourth-order valence-corrected chi connectivity index (χ4v) is 3.57. The number of fused-ring (bicyclic) bond motifs is 1. The molecular weight excluding hydrogens is 385 g/mol. The van der Waals surface area contributed by atoms with Crippen molar-refractivity contribution >= 4 is 17.4 Å². The lowest BCUT2D eigenvalue weighted by atomic mass is 10.0. The van der Waals surface area contributed by atoms with Crippen LogP contribution < -0.4 is 0 Å². The van der Waals surface area contributed by atoms with Crippen molar-refractivity contribution in [1.29, 1.82) is 0 Å². The molecule has 3 aromatic heterocycles. The van der Waals surface area contributed by atoms with Crippen LogP contribution in [0.2, 0.25) is 5.02 Å². The van der Waals surface area contributed by atoms with E-state index >= 15 is 0 Å². The molecule has 0 N–H and O–H groups in total. The van der Waals surface area contributed by atoms with Crippen LogP contribution in [0.3, 0.4) is 0 Å². The summed E-state index contributed by atoms with van der Waals surface area (Å²) in [6.07, 6.45) is 5.78. The van der Waals surface area contributed by atoms with Gasteiger partial charge in [-0.15, -0.1) is 0 Å². The van der Waals surface area contributed by atoms with E-state index in [1.165, 1.54) is 23.1 Å². The van der Waals surface area contributed by atoms with Crippen molar-refractivity contribution < 1.29 is 13.7 Å². The molecule has 0 aliphatic carbocycles. The largest absolute Gasteiger partial charge is 0.337 e. The standard InChI is InChI=1S/C19H13ClFN5O2/c20-12-9-22-26(10-12)14-4-3-11(8-13(14)21)18-23-19(28-24-18)16-5-6-17(27)15-2-1-7-25(15)16/h1-4,7-10,16H,5-6H2. The third kappa shape index (κ3) is 2.73. The summed E-state index contributed by atoms with van der Waals surface area (Å²) in [6.45, 7) is 0. The molecular formula is C19H13ClFN5O2. The van der Waals surface area contributed by atoms with Gasteiger partial charge in [-0.3, -0.25) is 4.79 Å². The molecule has 0 spiro atoms. The van der Waals surface area contributed by atoms with Crippen molar-refractivity contribution in [3.63, 3.8) is 0 Å². The Morgan fingerprint density at radius 2 is 2.18 bits per heavy atom. The number of Topliss-reactive ketones (excluding diaryl/α,β-unsaturated/α-hetero) is 1. The van der Waals surface area contributed by atoms with Crippen molar-refractivity contribution in [1.82, 2.24) is 24.5 Å². The molecule has 7 nitrogen and oxygen atoms in total. The average Bonchev–Trinajstić information content (AvgIpc) is 3.42. The molecule has 0 saturated carbocycles. The minimum absolute atomic E-state index is 0.0948. The molecule has 9 heteroatoms. The highest BCUT2D eigenvalue weighted by Crippen LogP contribution is 2.31. The second-order valence-corrected chi connectivity index (χ2v) is 6.94. The lowest BCUT2D eigenvalue weighted by Gasteiger charge is -2.22. The highest BCUT2D eigenvalue weighted by molar-refractivity contribution is 6.30. The van der Waals surface area contributed by atoms with E-state index in [0.29, 0.717) is 35.0 Å². The van der Waals surface area contributed by atoms with Crippen molar-refractivity contribution in [2.24, 2.45) is 0 Å². The molecule has 4 heterocycles. The van der Waals surface area contributed by atoms with Crippen LogP contribution >= 0.6 is 11.6 Å². The third-order valence-corrected chi connectivity index (χ3v) is 4.97. The van der Waals surface area contributed by atoms with Crippen molar-refractivity contribution in [2.75, 3.05) is 0 Å². The summed E-state index contributed by atoms with van der Waals surface area (Å²) in [5.41, 5.74) is 1.38. The first kappa shape index (κ1) is 16.9. The highest BCUT2D eigenvalue weighted by Gasteiger charge is 2.29. The van der Waals surface area contributed by atoms with E-state index in [0.717, 1.165) is 0 Å². The van der Waals surface area contributed by atoms with Crippen LogP contribution in [0.25, 0.3) is 17.1 Å². The lowest BCUT2D eigenvalue weighted by molar-refractivity contribution is 0.0943. The normalized spacial score (nSPS) is 16.4. The van der Waals surface area contributed by atoms with Gasteiger partial charge in [0.1, 0.15) is 17.5 Å². The minimum atomic E-state index is -0.487. The Hall–Kier alpha value is -3.26. The molecule has 1 aliphatic rings. The number of hydrogen-bond acceptors (Lipinski definition) is 5. The highest BCUT2D eigenvalue weighted by atomic mass is 35.5. The van der Waals surface area contributed by atoms with Crippen LogP contribution in [0.4, 0.5) is 4.39 Å². The Balaban J connectivity index is 1.47. The Bertz CT molecular complexity index is 1190. The maximum atomic E-state index is 14.6. The number of rotatable bonds is 3. The van der Waals surface area contributed by atoms with Gasteiger partial charge in [-0.1, -0.05) is 16.8 Å². The summed E-state index contributed by atoms with van der Waals surface area (Å²) in [4.78, 5) is 16.4. The molecule has 1 unspecified atom stereocenters. The van der Waals surface area contributed by atoms with Gasteiger partial charge in [0.15, 0.2) is 5.78 Å². The van der Waals surface area contributed by atoms with E-state index in [-0.39, 0.29) is 23.3 Å². The second kappa shape index (κ2) is 6.42. The maximum absolute atomic E-state index is 14.6. The van der Waals surface area contributed by atoms with E-state index in [9.17, 15) is 9.18 Å². The zero-order valence-corrected chi connectivity index (χ0v) is 15.2. The van der Waals surface area contributed by atoms with Gasteiger partial charge in [0.2, 0.25) is 11.7 Å². The molecule has 1 aliphatic heterocycles. The summed E-state index contributed by atoms with van der Waals surface area (Å²) in [6, 6.07) is 7.98. The van der Waals surface area contributed by atoms with E-state index < -0.39 is 5.82 Å². The number of hydrogen-bond donors (Lipinski definition) is 0. The summed E-state index contributed by atoms with van der Waals surface area (Å²) in [5.74, 6) is 0.282. The Kier molecular flexibility index (Phi) is 3.87. The maximum Gasteiger partial charge on any atom is 0.250 e.